The van der Waals surface area contributed by atoms with Gasteiger partial charge in [-0.05, 0) is 23.2 Å². The molecule has 0 amide bonds. The van der Waals surface area contributed by atoms with Gasteiger partial charge in [-0.25, -0.2) is 8.78 Å². The molecule has 1 aromatic carbocycles. The van der Waals surface area contributed by atoms with Crippen molar-refractivity contribution in [3.8, 4) is 5.75 Å². The molecule has 0 fully saturated rings. The summed E-state index contributed by atoms with van der Waals surface area (Å²) in [7, 11) is 0. The molecule has 0 aliphatic rings. The van der Waals surface area contributed by atoms with Crippen LogP contribution in [-0.2, 0) is 17.3 Å². The molecule has 102 valence electrons. The van der Waals surface area contributed by atoms with Crippen LogP contribution in [0.4, 0.5) is 22.0 Å². The van der Waals surface area contributed by atoms with Crippen LogP contribution in [0.3, 0.4) is 0 Å². The first-order valence-corrected chi connectivity index (χ1v) is 5.51. The quantitative estimate of drug-likeness (QED) is 0.632. The fourth-order valence-corrected chi connectivity index (χ4v) is 1.83. The summed E-state index contributed by atoms with van der Waals surface area (Å²) in [5, 5.41) is 0. The number of halogens is 5. The first-order chi connectivity index (χ1) is 8.23. The molecule has 9 heteroatoms. The van der Waals surface area contributed by atoms with Crippen molar-refractivity contribution in [3.63, 3.8) is 0 Å². The molecule has 1 atom stereocenters. The standard InChI is InChI=1S/C9H7F5O3S/c10-7(11)4-17-6-3-1-2-5(9(12,13)14)8(6)18(15)16/h1-3,7H,4H2,(H,15,16)/p-1. The van der Waals surface area contributed by atoms with Crippen LogP contribution in [0.5, 0.6) is 5.75 Å². The molecule has 0 N–H and O–H groups in total. The second-order valence-corrected chi connectivity index (χ2v) is 3.95. The highest BCUT2D eigenvalue weighted by molar-refractivity contribution is 7.79. The van der Waals surface area contributed by atoms with E-state index in [0.717, 1.165) is 12.1 Å². The van der Waals surface area contributed by atoms with Crippen LogP contribution < -0.4 is 4.74 Å². The van der Waals surface area contributed by atoms with Crippen molar-refractivity contribution in [1.82, 2.24) is 0 Å². The van der Waals surface area contributed by atoms with Crippen LogP contribution in [0.15, 0.2) is 23.1 Å². The molecule has 0 aromatic heterocycles. The Labute approximate surface area is 101 Å². The number of benzene rings is 1. The van der Waals surface area contributed by atoms with Crippen LogP contribution in [0.1, 0.15) is 5.56 Å². The lowest BCUT2D eigenvalue weighted by Gasteiger charge is -2.18. The van der Waals surface area contributed by atoms with Gasteiger partial charge in [-0.2, -0.15) is 13.2 Å². The molecule has 0 heterocycles. The molecular formula is C9H6F5O3S-. The van der Waals surface area contributed by atoms with Crippen molar-refractivity contribution in [1.29, 1.82) is 0 Å². The van der Waals surface area contributed by atoms with Crippen molar-refractivity contribution >= 4 is 11.1 Å². The lowest BCUT2D eigenvalue weighted by Crippen LogP contribution is -2.14. The number of hydrogen-bond acceptors (Lipinski definition) is 3. The maximum Gasteiger partial charge on any atom is 0.417 e. The molecule has 0 spiro atoms. The van der Waals surface area contributed by atoms with Gasteiger partial charge in [-0.1, -0.05) is 6.07 Å². The summed E-state index contributed by atoms with van der Waals surface area (Å²) >= 11 is -3.25. The number of ether oxygens (including phenoxy) is 1. The molecule has 0 aliphatic heterocycles. The van der Waals surface area contributed by atoms with Gasteiger partial charge in [0.1, 0.15) is 12.4 Å². The third-order valence-corrected chi connectivity index (χ3v) is 2.57. The predicted octanol–water partition coefficient (Wildman–Crippen LogP) is 2.59. The van der Waals surface area contributed by atoms with Crippen molar-refractivity contribution in [2.45, 2.75) is 17.5 Å². The van der Waals surface area contributed by atoms with Crippen molar-refractivity contribution in [2.24, 2.45) is 0 Å². The van der Waals surface area contributed by atoms with Gasteiger partial charge in [-0.3, -0.25) is 4.21 Å². The minimum atomic E-state index is -4.92. The molecule has 0 saturated carbocycles. The van der Waals surface area contributed by atoms with Gasteiger partial charge in [0.05, 0.1) is 10.5 Å². The molecule has 1 aromatic rings. The largest absolute Gasteiger partial charge is 0.768 e. The van der Waals surface area contributed by atoms with Gasteiger partial charge in [0, 0.05) is 0 Å². The molecule has 1 unspecified atom stereocenters. The lowest BCUT2D eigenvalue weighted by atomic mass is 10.2. The van der Waals surface area contributed by atoms with E-state index in [9.17, 15) is 30.7 Å². The first kappa shape index (κ1) is 14.8. The van der Waals surface area contributed by atoms with Crippen molar-refractivity contribution < 1.29 is 35.5 Å². The number of hydrogen-bond donors (Lipinski definition) is 0. The molecule has 0 saturated heterocycles. The van der Waals surface area contributed by atoms with Crippen LogP contribution in [-0.4, -0.2) is 21.8 Å². The zero-order valence-corrected chi connectivity index (χ0v) is 9.36. The summed E-state index contributed by atoms with van der Waals surface area (Å²) in [5.74, 6) is -0.751. The van der Waals surface area contributed by atoms with Crippen LogP contribution in [0, 0.1) is 0 Å². The van der Waals surface area contributed by atoms with Crippen LogP contribution >= 0.6 is 0 Å². The Morgan fingerprint density at radius 2 is 1.94 bits per heavy atom. The van der Waals surface area contributed by atoms with E-state index in [4.69, 9.17) is 0 Å². The lowest BCUT2D eigenvalue weighted by molar-refractivity contribution is -0.140. The van der Waals surface area contributed by atoms with Gasteiger partial charge in [0.2, 0.25) is 0 Å². The Morgan fingerprint density at radius 3 is 2.39 bits per heavy atom. The van der Waals surface area contributed by atoms with E-state index in [1.807, 2.05) is 0 Å². The summed E-state index contributed by atoms with van der Waals surface area (Å²) in [5.41, 5.74) is -1.46. The summed E-state index contributed by atoms with van der Waals surface area (Å²) < 4.78 is 87.2. The minimum Gasteiger partial charge on any atom is -0.768 e. The summed E-state index contributed by atoms with van der Waals surface area (Å²) in [6.45, 7) is -1.19. The van der Waals surface area contributed by atoms with E-state index in [0.29, 0.717) is 6.07 Å². The molecule has 0 bridgehead atoms. The van der Waals surface area contributed by atoms with Gasteiger partial charge >= 0.3 is 6.18 Å². The SMILES string of the molecule is O=S([O-])c1c(OCC(F)F)cccc1C(F)(F)F. The van der Waals surface area contributed by atoms with E-state index in [1.165, 1.54) is 0 Å². The normalized spacial score (nSPS) is 13.7. The molecule has 0 radical (unpaired) electrons. The van der Waals surface area contributed by atoms with E-state index in [2.05, 4.69) is 4.74 Å². The average Bonchev–Trinajstić information content (AvgIpc) is 2.24. The highest BCUT2D eigenvalue weighted by Crippen LogP contribution is 2.37. The fourth-order valence-electron chi connectivity index (χ4n) is 1.18. The Kier molecular flexibility index (Phi) is 4.63. The second-order valence-electron chi connectivity index (χ2n) is 3.07. The number of alkyl halides is 5. The van der Waals surface area contributed by atoms with Gasteiger partial charge < -0.3 is 9.29 Å². The Morgan fingerprint density at radius 1 is 1.33 bits per heavy atom. The van der Waals surface area contributed by atoms with Crippen LogP contribution in [0.2, 0.25) is 0 Å². The Bertz CT molecular complexity index is 446. The summed E-state index contributed by atoms with van der Waals surface area (Å²) in [4.78, 5) is -1.18. The van der Waals surface area contributed by atoms with E-state index >= 15 is 0 Å². The van der Waals surface area contributed by atoms with Crippen molar-refractivity contribution in [2.75, 3.05) is 6.61 Å². The molecule has 0 aliphatic carbocycles. The maximum absolute atomic E-state index is 12.5. The van der Waals surface area contributed by atoms with Crippen molar-refractivity contribution in [3.05, 3.63) is 23.8 Å². The minimum absolute atomic E-state index is 0.528. The number of rotatable bonds is 4. The predicted molar refractivity (Wildman–Crippen MR) is 50.1 cm³/mol. The van der Waals surface area contributed by atoms with Gasteiger partial charge in [0.15, 0.2) is 0 Å². The fraction of sp³-hybridized carbons (Fsp3) is 0.333. The molecule has 3 nitrogen and oxygen atoms in total. The smallest absolute Gasteiger partial charge is 0.417 e. The molecule has 1 rings (SSSR count). The third kappa shape index (κ3) is 3.64. The molecular weight excluding hydrogens is 283 g/mol. The highest BCUT2D eigenvalue weighted by atomic mass is 32.2. The van der Waals surface area contributed by atoms with E-state index in [-0.39, 0.29) is 0 Å². The van der Waals surface area contributed by atoms with Gasteiger partial charge in [0.25, 0.3) is 6.43 Å². The zero-order chi connectivity index (χ0) is 13.9. The van der Waals surface area contributed by atoms with Gasteiger partial charge in [-0.15, -0.1) is 0 Å². The zero-order valence-electron chi connectivity index (χ0n) is 8.54. The summed E-state index contributed by atoms with van der Waals surface area (Å²) in [6, 6.07) is 2.28. The van der Waals surface area contributed by atoms with Crippen LogP contribution in [0.25, 0.3) is 0 Å². The Balaban J connectivity index is 3.22. The van der Waals surface area contributed by atoms with E-state index in [1.54, 1.807) is 0 Å². The molecule has 18 heavy (non-hydrogen) atoms. The topological polar surface area (TPSA) is 49.4 Å². The second kappa shape index (κ2) is 5.61. The average molecular weight is 289 g/mol. The Hall–Kier alpha value is -1.22. The first-order valence-electron chi connectivity index (χ1n) is 4.44. The highest BCUT2D eigenvalue weighted by Gasteiger charge is 2.35. The summed E-state index contributed by atoms with van der Waals surface area (Å²) in [6.07, 6.45) is -7.84. The monoisotopic (exact) mass is 289 g/mol. The third-order valence-electron chi connectivity index (χ3n) is 1.82. The maximum atomic E-state index is 12.5. The van der Waals surface area contributed by atoms with E-state index < -0.39 is 46.5 Å².